The van der Waals surface area contributed by atoms with Crippen molar-refractivity contribution in [2.75, 3.05) is 0 Å². The summed E-state index contributed by atoms with van der Waals surface area (Å²) >= 11 is 0. The molecular formula is C21H24O2. The zero-order valence-electron chi connectivity index (χ0n) is 13.8. The normalized spacial score (nSPS) is 41.8. The van der Waals surface area contributed by atoms with Crippen LogP contribution in [0.2, 0.25) is 0 Å². The lowest BCUT2D eigenvalue weighted by atomic mass is 9.56. The predicted molar refractivity (Wildman–Crippen MR) is 90.4 cm³/mol. The van der Waals surface area contributed by atoms with Crippen LogP contribution in [0.4, 0.5) is 0 Å². The molecule has 0 unspecified atom stereocenters. The summed E-state index contributed by atoms with van der Waals surface area (Å²) in [5, 5.41) is 11.0. The highest BCUT2D eigenvalue weighted by molar-refractivity contribution is 5.93. The first-order valence-electron chi connectivity index (χ1n) is 8.91. The first kappa shape index (κ1) is 15.0. The summed E-state index contributed by atoms with van der Waals surface area (Å²) in [4.78, 5) is 11.7. The number of aliphatic hydroxyl groups is 1. The minimum absolute atomic E-state index is 0.271. The Labute approximate surface area is 138 Å². The number of hydrogen-bond donors (Lipinski definition) is 1. The molecule has 1 N–H and O–H groups in total. The second kappa shape index (κ2) is 4.95. The van der Waals surface area contributed by atoms with Crippen LogP contribution in [0.25, 0.3) is 0 Å². The standard InChI is InChI=1S/C21H24O2/c1-3-20-11-9-17-16-8-6-15(22)13-14(16)5-7-18(17)19(20)10-12-21(20,23)4-2/h2,9,11,13,18-19,23H,3,5-8,10,12H2,1H3/t18-,19+,20-,21-/m1/s1. The summed E-state index contributed by atoms with van der Waals surface area (Å²) < 4.78 is 0. The highest BCUT2D eigenvalue weighted by Crippen LogP contribution is 2.62. The lowest BCUT2D eigenvalue weighted by Gasteiger charge is -2.48. The van der Waals surface area contributed by atoms with Gasteiger partial charge in [0.1, 0.15) is 5.60 Å². The van der Waals surface area contributed by atoms with E-state index in [0.717, 1.165) is 32.1 Å². The quantitative estimate of drug-likeness (QED) is 0.750. The van der Waals surface area contributed by atoms with E-state index in [4.69, 9.17) is 6.42 Å². The number of carbonyl (C=O) groups is 1. The topological polar surface area (TPSA) is 37.3 Å². The molecule has 0 bridgehead atoms. The molecule has 4 atom stereocenters. The van der Waals surface area contributed by atoms with Gasteiger partial charge in [-0.05, 0) is 73.2 Å². The minimum Gasteiger partial charge on any atom is -0.377 e. The Bertz CT molecular complexity index is 702. The average molecular weight is 308 g/mol. The van der Waals surface area contributed by atoms with Crippen molar-refractivity contribution in [3.05, 3.63) is 34.9 Å². The van der Waals surface area contributed by atoms with Crippen LogP contribution in [0.1, 0.15) is 51.9 Å². The highest BCUT2D eigenvalue weighted by atomic mass is 16.3. The van der Waals surface area contributed by atoms with Gasteiger partial charge in [-0.3, -0.25) is 4.79 Å². The summed E-state index contributed by atoms with van der Waals surface area (Å²) in [6.45, 7) is 2.15. The number of rotatable bonds is 1. The molecule has 4 aliphatic carbocycles. The van der Waals surface area contributed by atoms with E-state index < -0.39 is 5.60 Å². The molecule has 1 saturated carbocycles. The fourth-order valence-electron chi connectivity index (χ4n) is 5.75. The Morgan fingerprint density at radius 3 is 2.91 bits per heavy atom. The molecule has 1 fully saturated rings. The number of ketones is 1. The van der Waals surface area contributed by atoms with Crippen LogP contribution < -0.4 is 0 Å². The van der Waals surface area contributed by atoms with Gasteiger partial charge in [0.05, 0.1) is 0 Å². The van der Waals surface area contributed by atoms with Crippen LogP contribution in [0.5, 0.6) is 0 Å². The van der Waals surface area contributed by atoms with E-state index in [1.54, 1.807) is 0 Å². The van der Waals surface area contributed by atoms with Crippen molar-refractivity contribution in [3.8, 4) is 12.3 Å². The van der Waals surface area contributed by atoms with E-state index in [0.29, 0.717) is 24.7 Å². The van der Waals surface area contributed by atoms with Gasteiger partial charge in [0.25, 0.3) is 0 Å². The fourth-order valence-corrected chi connectivity index (χ4v) is 5.75. The molecule has 23 heavy (non-hydrogen) atoms. The van der Waals surface area contributed by atoms with Gasteiger partial charge < -0.3 is 5.11 Å². The Hall–Kier alpha value is -1.59. The number of terminal acetylenes is 1. The first-order valence-corrected chi connectivity index (χ1v) is 8.91. The second-order valence-electron chi connectivity index (χ2n) is 7.59. The highest BCUT2D eigenvalue weighted by Gasteiger charge is 2.60. The first-order chi connectivity index (χ1) is 11.0. The third-order valence-corrected chi connectivity index (χ3v) is 6.94. The predicted octanol–water partition coefficient (Wildman–Crippen LogP) is 3.72. The number of fused-ring (bicyclic) bond motifs is 4. The van der Waals surface area contributed by atoms with E-state index in [1.807, 2.05) is 6.08 Å². The maximum absolute atomic E-state index is 11.7. The van der Waals surface area contributed by atoms with Crippen molar-refractivity contribution < 1.29 is 9.90 Å². The fraction of sp³-hybridized carbons (Fsp3) is 0.571. The molecule has 120 valence electrons. The molecule has 0 heterocycles. The summed E-state index contributed by atoms with van der Waals surface area (Å²) in [5.74, 6) is 3.91. The molecule has 0 aromatic heterocycles. The SMILES string of the molecule is C#C[C@@]1(O)CC[C@H]2[C@@H]3CCC4=CC(=O)CCC4=C3C=C[C@]21CC. The van der Waals surface area contributed by atoms with Crippen LogP contribution >= 0.6 is 0 Å². The largest absolute Gasteiger partial charge is 0.377 e. The summed E-state index contributed by atoms with van der Waals surface area (Å²) in [6.07, 6.45) is 18.2. The maximum atomic E-state index is 11.7. The zero-order valence-corrected chi connectivity index (χ0v) is 13.8. The smallest absolute Gasteiger partial charge is 0.156 e. The number of carbonyl (C=O) groups excluding carboxylic acids is 1. The molecule has 0 aromatic carbocycles. The van der Waals surface area contributed by atoms with Gasteiger partial charge in [-0.15, -0.1) is 6.42 Å². The molecule has 4 aliphatic rings. The van der Waals surface area contributed by atoms with Crippen LogP contribution in [0.3, 0.4) is 0 Å². The maximum Gasteiger partial charge on any atom is 0.156 e. The molecule has 2 nitrogen and oxygen atoms in total. The molecule has 0 aromatic rings. The zero-order chi connectivity index (χ0) is 16.2. The van der Waals surface area contributed by atoms with E-state index >= 15 is 0 Å². The molecule has 4 rings (SSSR count). The van der Waals surface area contributed by atoms with Crippen LogP contribution in [0.15, 0.2) is 34.9 Å². The second-order valence-corrected chi connectivity index (χ2v) is 7.59. The van der Waals surface area contributed by atoms with E-state index in [9.17, 15) is 9.90 Å². The molecular weight excluding hydrogens is 284 g/mol. The molecule has 0 saturated heterocycles. The van der Waals surface area contributed by atoms with Gasteiger partial charge >= 0.3 is 0 Å². The Kier molecular flexibility index (Phi) is 3.22. The van der Waals surface area contributed by atoms with Crippen molar-refractivity contribution in [3.63, 3.8) is 0 Å². The number of hydrogen-bond acceptors (Lipinski definition) is 2. The summed E-state index contributed by atoms with van der Waals surface area (Å²) in [7, 11) is 0. The van der Waals surface area contributed by atoms with E-state index in [1.165, 1.54) is 16.7 Å². The van der Waals surface area contributed by atoms with Crippen molar-refractivity contribution in [2.24, 2.45) is 17.3 Å². The molecule has 0 aliphatic heterocycles. The van der Waals surface area contributed by atoms with Gasteiger partial charge in [0.2, 0.25) is 0 Å². The van der Waals surface area contributed by atoms with Crippen LogP contribution in [0, 0.1) is 29.6 Å². The Morgan fingerprint density at radius 1 is 1.35 bits per heavy atom. The average Bonchev–Trinajstić information content (AvgIpc) is 2.88. The van der Waals surface area contributed by atoms with Gasteiger partial charge in [-0.2, -0.15) is 0 Å². The third-order valence-electron chi connectivity index (χ3n) is 6.94. The minimum atomic E-state index is -1.00. The Balaban J connectivity index is 1.85. The van der Waals surface area contributed by atoms with Crippen LogP contribution in [-0.2, 0) is 4.79 Å². The Morgan fingerprint density at radius 2 is 2.17 bits per heavy atom. The van der Waals surface area contributed by atoms with Gasteiger partial charge in [-0.25, -0.2) is 0 Å². The van der Waals surface area contributed by atoms with Gasteiger partial charge in [-0.1, -0.05) is 25.0 Å². The molecule has 0 amide bonds. The molecule has 0 radical (unpaired) electrons. The molecule has 2 heteroatoms. The van der Waals surface area contributed by atoms with Gasteiger partial charge in [0.15, 0.2) is 5.78 Å². The van der Waals surface area contributed by atoms with Crippen molar-refractivity contribution in [1.29, 1.82) is 0 Å². The van der Waals surface area contributed by atoms with Gasteiger partial charge in [0, 0.05) is 11.8 Å². The lowest BCUT2D eigenvalue weighted by Crippen LogP contribution is -2.48. The van der Waals surface area contributed by atoms with Crippen LogP contribution in [-0.4, -0.2) is 16.5 Å². The summed E-state index contributed by atoms with van der Waals surface area (Å²) in [6, 6.07) is 0. The summed E-state index contributed by atoms with van der Waals surface area (Å²) in [5.41, 5.74) is 2.80. The van der Waals surface area contributed by atoms with E-state index in [-0.39, 0.29) is 11.2 Å². The van der Waals surface area contributed by atoms with E-state index in [2.05, 4.69) is 25.0 Å². The van der Waals surface area contributed by atoms with Crippen molar-refractivity contribution in [2.45, 2.75) is 57.5 Å². The van der Waals surface area contributed by atoms with Crippen molar-refractivity contribution >= 4 is 5.78 Å². The van der Waals surface area contributed by atoms with Crippen molar-refractivity contribution in [1.82, 2.24) is 0 Å². The lowest BCUT2D eigenvalue weighted by molar-refractivity contribution is -0.114. The number of allylic oxidation sites excluding steroid dienone is 5. The molecule has 0 spiro atoms. The monoisotopic (exact) mass is 308 g/mol. The third kappa shape index (κ3) is 1.83.